The number of sulfonamides is 1. The molecular weight excluding hydrogens is 618 g/mol. The molecule has 13 heteroatoms. The molecule has 0 fully saturated rings. The van der Waals surface area contributed by atoms with Crippen LogP contribution in [0.4, 0.5) is 13.2 Å². The van der Waals surface area contributed by atoms with Crippen molar-refractivity contribution in [2.24, 2.45) is 0 Å². The summed E-state index contributed by atoms with van der Waals surface area (Å²) in [6.07, 6.45) is -2.54. The normalized spacial score (nSPS) is 14.6. The van der Waals surface area contributed by atoms with Gasteiger partial charge in [0.1, 0.15) is 10.0 Å². The fourth-order valence-corrected chi connectivity index (χ4v) is 7.02. The zero-order chi connectivity index (χ0) is 29.6. The lowest BCUT2D eigenvalue weighted by Crippen LogP contribution is -2.39. The zero-order valence-corrected chi connectivity index (χ0v) is 24.2. The number of pyridine rings is 2. The Bertz CT molecular complexity index is 1840. The summed E-state index contributed by atoms with van der Waals surface area (Å²) in [5, 5.41) is 11.4. The molecule has 2 aromatic carbocycles. The Morgan fingerprint density at radius 1 is 0.976 bits per heavy atom. The summed E-state index contributed by atoms with van der Waals surface area (Å²) < 4.78 is 70.7. The molecular formula is C28H20Cl2F3N3O3S2. The van der Waals surface area contributed by atoms with Crippen LogP contribution in [0.1, 0.15) is 29.0 Å². The van der Waals surface area contributed by atoms with E-state index in [1.54, 1.807) is 48.5 Å². The summed E-state index contributed by atoms with van der Waals surface area (Å²) in [6, 6.07) is 17.9. The molecule has 5 aromatic rings. The molecule has 2 N–H and O–H groups in total. The number of aliphatic hydroxyl groups is 1. The fraction of sp³-hybridized carbons (Fsp3) is 0.143. The number of rotatable bonds is 7. The van der Waals surface area contributed by atoms with Crippen LogP contribution in [0.2, 0.25) is 10.2 Å². The largest absolute Gasteiger partial charge is 0.421 e. The third kappa shape index (κ3) is 5.83. The number of aromatic nitrogens is 2. The van der Waals surface area contributed by atoms with E-state index in [0.717, 1.165) is 12.3 Å². The molecule has 0 unspecified atom stereocenters. The molecule has 0 spiro atoms. The first-order valence-corrected chi connectivity index (χ1v) is 15.0. The monoisotopic (exact) mass is 637 g/mol. The topological polar surface area (TPSA) is 92.2 Å². The molecule has 0 aliphatic heterocycles. The van der Waals surface area contributed by atoms with Crippen molar-refractivity contribution in [1.29, 1.82) is 0 Å². The molecule has 0 bridgehead atoms. The maximum atomic E-state index is 13.5. The molecule has 6 nitrogen and oxygen atoms in total. The van der Waals surface area contributed by atoms with Gasteiger partial charge < -0.3 is 5.11 Å². The number of halogens is 5. The predicted octanol–water partition coefficient (Wildman–Crippen LogP) is 7.50. The highest BCUT2D eigenvalue weighted by molar-refractivity contribution is 7.89. The van der Waals surface area contributed by atoms with E-state index in [4.69, 9.17) is 23.2 Å². The van der Waals surface area contributed by atoms with Crippen LogP contribution >= 0.6 is 34.5 Å². The lowest BCUT2D eigenvalue weighted by Gasteiger charge is -2.26. The number of hydrogen-bond acceptors (Lipinski definition) is 6. The molecule has 0 radical (unpaired) electrons. The van der Waals surface area contributed by atoms with Crippen LogP contribution < -0.4 is 4.72 Å². The minimum Gasteiger partial charge on any atom is -0.376 e. The molecule has 0 aliphatic rings. The molecule has 0 saturated heterocycles. The Morgan fingerprint density at radius 2 is 1.73 bits per heavy atom. The average Bonchev–Trinajstić information content (AvgIpc) is 3.36. The smallest absolute Gasteiger partial charge is 0.376 e. The molecule has 41 heavy (non-hydrogen) atoms. The van der Waals surface area contributed by atoms with Crippen LogP contribution in [0.15, 0.2) is 90.1 Å². The maximum absolute atomic E-state index is 13.5. The molecule has 5 rings (SSSR count). The molecule has 0 saturated carbocycles. The van der Waals surface area contributed by atoms with Crippen molar-refractivity contribution in [1.82, 2.24) is 14.7 Å². The third-order valence-electron chi connectivity index (χ3n) is 6.50. The highest BCUT2D eigenvalue weighted by atomic mass is 35.5. The van der Waals surface area contributed by atoms with E-state index in [-0.39, 0.29) is 21.3 Å². The van der Waals surface area contributed by atoms with Gasteiger partial charge in [-0.2, -0.15) is 17.9 Å². The summed E-state index contributed by atoms with van der Waals surface area (Å²) in [6.45, 7) is 0.687. The van der Waals surface area contributed by atoms with Gasteiger partial charge in [-0.05, 0) is 59.8 Å². The zero-order valence-electron chi connectivity index (χ0n) is 21.0. The van der Waals surface area contributed by atoms with Gasteiger partial charge in [0.15, 0.2) is 5.60 Å². The lowest BCUT2D eigenvalue weighted by molar-refractivity contribution is -0.258. The summed E-state index contributed by atoms with van der Waals surface area (Å²) >= 11 is 13.6. The van der Waals surface area contributed by atoms with Crippen molar-refractivity contribution in [2.75, 3.05) is 0 Å². The molecule has 2 atom stereocenters. The highest BCUT2D eigenvalue weighted by Crippen LogP contribution is 2.42. The Labute approximate surface area is 247 Å². The van der Waals surface area contributed by atoms with E-state index in [9.17, 15) is 26.7 Å². The van der Waals surface area contributed by atoms with Crippen molar-refractivity contribution < 1.29 is 26.7 Å². The van der Waals surface area contributed by atoms with Gasteiger partial charge in [0, 0.05) is 32.6 Å². The summed E-state index contributed by atoms with van der Waals surface area (Å²) in [4.78, 5) is 8.60. The first-order chi connectivity index (χ1) is 19.3. The van der Waals surface area contributed by atoms with Crippen LogP contribution in [0.25, 0.3) is 21.3 Å². The molecule has 0 amide bonds. The van der Waals surface area contributed by atoms with Crippen molar-refractivity contribution in [3.05, 3.63) is 111 Å². The van der Waals surface area contributed by atoms with Crippen molar-refractivity contribution in [3.63, 3.8) is 0 Å². The van der Waals surface area contributed by atoms with Crippen LogP contribution in [0.5, 0.6) is 0 Å². The molecule has 0 aliphatic carbocycles. The van der Waals surface area contributed by atoms with Gasteiger partial charge in [-0.15, -0.1) is 11.3 Å². The van der Waals surface area contributed by atoms with E-state index < -0.39 is 27.8 Å². The van der Waals surface area contributed by atoms with E-state index >= 15 is 0 Å². The van der Waals surface area contributed by atoms with Gasteiger partial charge in [0.05, 0.1) is 11.7 Å². The molecule has 3 heterocycles. The van der Waals surface area contributed by atoms with Crippen LogP contribution in [0, 0.1) is 0 Å². The number of alkyl halides is 3. The Morgan fingerprint density at radius 3 is 2.41 bits per heavy atom. The van der Waals surface area contributed by atoms with Crippen molar-refractivity contribution in [2.45, 2.75) is 29.6 Å². The third-order valence-corrected chi connectivity index (χ3v) is 9.72. The molecule has 212 valence electrons. The first kappa shape index (κ1) is 29.4. The van der Waals surface area contributed by atoms with E-state index in [0.29, 0.717) is 38.0 Å². The number of hydrogen-bond donors (Lipinski definition) is 2. The number of thiophene rings is 1. The van der Waals surface area contributed by atoms with Crippen LogP contribution in [0.3, 0.4) is 0 Å². The Balaban J connectivity index is 1.63. The standard InChI is InChI=1S/C28H20Cl2F3N3O3S2/c1-27(37,28(31,32)33)17-11-12-34-22(14-17)20-7-4-5-16-13-23(40-26(16)20)25(19-6-2-3-8-21(19)29)36-41(38,39)18-9-10-24(30)35-15-18/h2-15,25,36-37H,1H3/t25-,27+/m1/s1. The van der Waals surface area contributed by atoms with E-state index in [1.165, 1.54) is 35.7 Å². The Hall–Kier alpha value is -3.06. The fourth-order valence-electron chi connectivity index (χ4n) is 4.20. The maximum Gasteiger partial charge on any atom is 0.421 e. The van der Waals surface area contributed by atoms with Crippen molar-refractivity contribution in [3.8, 4) is 11.3 Å². The van der Waals surface area contributed by atoms with Crippen LogP contribution in [-0.4, -0.2) is 29.7 Å². The number of fused-ring (bicyclic) bond motifs is 1. The minimum atomic E-state index is -4.90. The van der Waals surface area contributed by atoms with Crippen LogP contribution in [-0.2, 0) is 15.6 Å². The quantitative estimate of drug-likeness (QED) is 0.180. The van der Waals surface area contributed by atoms with Gasteiger partial charge in [-0.1, -0.05) is 59.6 Å². The lowest BCUT2D eigenvalue weighted by atomic mass is 9.94. The minimum absolute atomic E-state index is 0.0986. The SMILES string of the molecule is C[C@](O)(c1ccnc(-c2cccc3cc([C@H](NS(=O)(=O)c4ccc(Cl)nc4)c4ccccc4Cl)sc23)c1)C(F)(F)F. The van der Waals surface area contributed by atoms with Gasteiger partial charge >= 0.3 is 6.18 Å². The predicted molar refractivity (Wildman–Crippen MR) is 154 cm³/mol. The van der Waals surface area contributed by atoms with E-state index in [1.807, 2.05) is 0 Å². The van der Waals surface area contributed by atoms with Gasteiger partial charge in [-0.3, -0.25) is 4.98 Å². The second-order valence-electron chi connectivity index (χ2n) is 9.26. The summed E-state index contributed by atoms with van der Waals surface area (Å²) in [7, 11) is -4.09. The van der Waals surface area contributed by atoms with Crippen molar-refractivity contribution >= 4 is 54.6 Å². The summed E-state index contributed by atoms with van der Waals surface area (Å²) in [5.41, 5.74) is -2.21. The summed E-state index contributed by atoms with van der Waals surface area (Å²) in [5.74, 6) is 0. The van der Waals surface area contributed by atoms with Gasteiger partial charge in [0.25, 0.3) is 0 Å². The van der Waals surface area contributed by atoms with Gasteiger partial charge in [0.2, 0.25) is 10.0 Å². The first-order valence-electron chi connectivity index (χ1n) is 11.9. The number of benzene rings is 2. The highest BCUT2D eigenvalue weighted by Gasteiger charge is 2.51. The molecule has 3 aromatic heterocycles. The van der Waals surface area contributed by atoms with E-state index in [2.05, 4.69) is 14.7 Å². The number of nitrogens with one attached hydrogen (secondary N) is 1. The Kier molecular flexibility index (Phi) is 7.88. The number of nitrogens with zero attached hydrogens (tertiary/aromatic N) is 2. The van der Waals surface area contributed by atoms with Gasteiger partial charge in [-0.25, -0.2) is 13.4 Å². The average molecular weight is 639 g/mol. The second kappa shape index (κ2) is 11.0. The second-order valence-corrected chi connectivity index (χ2v) is 12.9.